The molecule has 172 valence electrons. The number of likely N-dealkylation sites (tertiary alicyclic amines) is 1. The maximum atomic E-state index is 12.2. The summed E-state index contributed by atoms with van der Waals surface area (Å²) < 4.78 is 5.50. The Kier molecular flexibility index (Phi) is 6.13. The summed E-state index contributed by atoms with van der Waals surface area (Å²) in [5.74, 6) is 1.03. The molecule has 1 aromatic heterocycles. The zero-order chi connectivity index (χ0) is 22.8. The van der Waals surface area contributed by atoms with Gasteiger partial charge in [0, 0.05) is 86.9 Å². The van der Waals surface area contributed by atoms with E-state index in [1.54, 1.807) is 6.92 Å². The zero-order valence-electron chi connectivity index (χ0n) is 19.2. The molecule has 2 saturated heterocycles. The van der Waals surface area contributed by atoms with Crippen molar-refractivity contribution in [1.82, 2.24) is 9.88 Å². The molecule has 0 aliphatic carbocycles. The molecule has 5 rings (SSSR count). The molecule has 0 atom stereocenters. The van der Waals surface area contributed by atoms with Gasteiger partial charge in [0.05, 0.1) is 6.04 Å². The van der Waals surface area contributed by atoms with Gasteiger partial charge in [0.2, 0.25) is 5.91 Å². The van der Waals surface area contributed by atoms with Crippen molar-refractivity contribution >= 4 is 33.9 Å². The van der Waals surface area contributed by atoms with Crippen LogP contribution in [0.3, 0.4) is 0 Å². The minimum absolute atomic E-state index is 0.0638. The zero-order valence-corrected chi connectivity index (χ0v) is 19.2. The van der Waals surface area contributed by atoms with Crippen LogP contribution in [0.2, 0.25) is 0 Å². The predicted octanol–water partition coefficient (Wildman–Crippen LogP) is 3.15. The van der Waals surface area contributed by atoms with Crippen LogP contribution < -0.4 is 10.6 Å². The molecule has 2 N–H and O–H groups in total. The van der Waals surface area contributed by atoms with E-state index in [-0.39, 0.29) is 11.9 Å². The highest BCUT2D eigenvalue weighted by Gasteiger charge is 2.26. The first-order valence-corrected chi connectivity index (χ1v) is 11.8. The number of hydrogen-bond donors (Lipinski definition) is 1. The van der Waals surface area contributed by atoms with Crippen molar-refractivity contribution in [2.24, 2.45) is 10.7 Å². The maximum Gasteiger partial charge on any atom is 0.219 e. The number of aliphatic imine (C=N–C) groups is 1. The van der Waals surface area contributed by atoms with Crippen molar-refractivity contribution in [1.29, 1.82) is 0 Å². The highest BCUT2D eigenvalue weighted by Crippen LogP contribution is 2.30. The number of fused-ring (bicyclic) bond motifs is 1. The van der Waals surface area contributed by atoms with Crippen LogP contribution in [0.5, 0.6) is 0 Å². The molecule has 0 bridgehead atoms. The number of carbonyl (C=O) groups excluding carboxylic acids is 1. The first-order valence-electron chi connectivity index (χ1n) is 11.8. The van der Waals surface area contributed by atoms with Crippen LogP contribution in [0.25, 0.3) is 16.5 Å². The number of rotatable bonds is 3. The Balaban J connectivity index is 1.55. The van der Waals surface area contributed by atoms with Crippen molar-refractivity contribution in [2.75, 3.05) is 44.3 Å². The largest absolute Gasteiger partial charge is 0.398 e. The van der Waals surface area contributed by atoms with Crippen molar-refractivity contribution in [2.45, 2.75) is 32.2 Å². The van der Waals surface area contributed by atoms with Crippen LogP contribution in [-0.2, 0) is 9.53 Å². The number of amides is 1. The van der Waals surface area contributed by atoms with E-state index in [1.165, 1.54) is 0 Å². The van der Waals surface area contributed by atoms with Gasteiger partial charge in [-0.05, 0) is 24.3 Å². The van der Waals surface area contributed by atoms with E-state index in [4.69, 9.17) is 20.4 Å². The van der Waals surface area contributed by atoms with Crippen LogP contribution in [0.1, 0.15) is 31.7 Å². The second kappa shape index (κ2) is 9.35. The van der Waals surface area contributed by atoms with E-state index in [9.17, 15) is 4.79 Å². The van der Waals surface area contributed by atoms with Gasteiger partial charge < -0.3 is 20.3 Å². The van der Waals surface area contributed by atoms with Crippen LogP contribution >= 0.6 is 0 Å². The molecule has 0 saturated carbocycles. The minimum Gasteiger partial charge on any atom is -0.398 e. The molecule has 2 fully saturated rings. The average molecular weight is 446 g/mol. The Hall–Kier alpha value is -3.19. The number of nitrogens with two attached hydrogens (primary N) is 1. The fourth-order valence-corrected chi connectivity index (χ4v) is 4.83. The number of ether oxygens (including phenoxy) is 1. The normalized spacial score (nSPS) is 22.4. The van der Waals surface area contributed by atoms with Crippen LogP contribution in [0.4, 0.5) is 5.82 Å². The van der Waals surface area contributed by atoms with Gasteiger partial charge in [-0.25, -0.2) is 4.98 Å². The summed E-state index contributed by atoms with van der Waals surface area (Å²) in [6, 6.07) is 8.57. The first kappa shape index (κ1) is 21.6. The van der Waals surface area contributed by atoms with Crippen molar-refractivity contribution in [3.63, 3.8) is 0 Å². The lowest BCUT2D eigenvalue weighted by Crippen LogP contribution is -2.40. The summed E-state index contributed by atoms with van der Waals surface area (Å²) in [4.78, 5) is 26.1. The van der Waals surface area contributed by atoms with Crippen LogP contribution in [0, 0.1) is 0 Å². The molecule has 4 heterocycles. The third-order valence-electron chi connectivity index (χ3n) is 6.80. The van der Waals surface area contributed by atoms with E-state index >= 15 is 0 Å². The number of nitrogens with zero attached hydrogens (tertiary/aromatic N) is 4. The topological polar surface area (TPSA) is 84.0 Å². The third-order valence-corrected chi connectivity index (χ3v) is 6.80. The molecule has 7 nitrogen and oxygen atoms in total. The lowest BCUT2D eigenvalue weighted by molar-refractivity contribution is -0.128. The first-order chi connectivity index (χ1) is 16.1. The van der Waals surface area contributed by atoms with Crippen molar-refractivity contribution in [3.05, 3.63) is 53.8 Å². The molecule has 2 aromatic rings. The second-order valence-corrected chi connectivity index (χ2v) is 8.95. The Morgan fingerprint density at radius 1 is 1.21 bits per heavy atom. The molecule has 7 heteroatoms. The Morgan fingerprint density at radius 2 is 2.00 bits per heavy atom. The number of aromatic nitrogens is 1. The van der Waals surface area contributed by atoms with Gasteiger partial charge in [0.15, 0.2) is 0 Å². The lowest BCUT2D eigenvalue weighted by atomic mass is 9.94. The van der Waals surface area contributed by atoms with Gasteiger partial charge in [0.1, 0.15) is 5.82 Å². The number of benzene rings is 1. The number of anilines is 1. The van der Waals surface area contributed by atoms with Crippen LogP contribution in [-0.4, -0.2) is 66.9 Å². The van der Waals surface area contributed by atoms with Crippen LogP contribution in [0.15, 0.2) is 53.2 Å². The predicted molar refractivity (Wildman–Crippen MR) is 132 cm³/mol. The Labute approximate surface area is 194 Å². The summed E-state index contributed by atoms with van der Waals surface area (Å²) in [5, 5.41) is 2.12. The van der Waals surface area contributed by atoms with Gasteiger partial charge in [-0.2, -0.15) is 0 Å². The molecule has 0 spiro atoms. The number of piperidine rings is 1. The molecule has 1 aromatic carbocycles. The molecule has 33 heavy (non-hydrogen) atoms. The molecule has 3 aliphatic heterocycles. The standard InChI is InChI=1S/C26H31N5O2/c1-18(32)31-12-7-24(29-20-8-13-33-14-9-20)23(17-31)26(27)21-6-4-5-19-15-25(28-16-22(19)21)30-10-2-3-11-30/h2-6,15-16,20H,7-14,17,27H2,1H3. The maximum absolute atomic E-state index is 12.2. The molecule has 3 aliphatic rings. The fourth-order valence-electron chi connectivity index (χ4n) is 4.83. The summed E-state index contributed by atoms with van der Waals surface area (Å²) in [7, 11) is 0. The third kappa shape index (κ3) is 4.50. The number of pyridine rings is 1. The van der Waals surface area contributed by atoms with E-state index in [1.807, 2.05) is 23.2 Å². The molecule has 1 amide bonds. The quantitative estimate of drug-likeness (QED) is 0.734. The number of carbonyl (C=O) groups is 1. The smallest absolute Gasteiger partial charge is 0.219 e. The van der Waals surface area contributed by atoms with Gasteiger partial charge in [0.25, 0.3) is 0 Å². The molecular formula is C26H31N5O2. The van der Waals surface area contributed by atoms with Crippen molar-refractivity contribution < 1.29 is 9.53 Å². The highest BCUT2D eigenvalue weighted by atomic mass is 16.5. The summed E-state index contributed by atoms with van der Waals surface area (Å²) in [6.07, 6.45) is 8.83. The molecule has 0 unspecified atom stereocenters. The van der Waals surface area contributed by atoms with Gasteiger partial charge in [-0.15, -0.1) is 0 Å². The second-order valence-electron chi connectivity index (χ2n) is 8.95. The summed E-state index contributed by atoms with van der Waals surface area (Å²) in [5.41, 5.74) is 10.5. The monoisotopic (exact) mass is 445 g/mol. The summed E-state index contributed by atoms with van der Waals surface area (Å²) >= 11 is 0. The molecule has 0 radical (unpaired) electrons. The average Bonchev–Trinajstić information content (AvgIpc) is 3.39. The van der Waals surface area contributed by atoms with E-state index < -0.39 is 0 Å². The minimum atomic E-state index is 0.0638. The van der Waals surface area contributed by atoms with Gasteiger partial charge in [-0.3, -0.25) is 9.79 Å². The van der Waals surface area contributed by atoms with E-state index in [0.29, 0.717) is 18.8 Å². The van der Waals surface area contributed by atoms with Crippen molar-refractivity contribution in [3.8, 4) is 0 Å². The van der Waals surface area contributed by atoms with Gasteiger partial charge in [-0.1, -0.05) is 30.4 Å². The summed E-state index contributed by atoms with van der Waals surface area (Å²) in [6.45, 7) is 6.06. The Bertz CT molecular complexity index is 1140. The highest BCUT2D eigenvalue weighted by molar-refractivity contribution is 6.10. The van der Waals surface area contributed by atoms with E-state index in [2.05, 4.69) is 29.2 Å². The van der Waals surface area contributed by atoms with Gasteiger partial charge >= 0.3 is 0 Å². The molecular weight excluding hydrogens is 414 g/mol. The Morgan fingerprint density at radius 3 is 2.76 bits per heavy atom. The van der Waals surface area contributed by atoms with E-state index in [0.717, 1.165) is 79.0 Å². The SMILES string of the molecule is CC(=O)N1CCC(=NC2CCOCC2)C(=C(N)c2cccc3cc(N4CC=CC4)ncc23)C1. The lowest BCUT2D eigenvalue weighted by Gasteiger charge is -2.31. The fraction of sp³-hybridized carbons (Fsp3) is 0.423. The number of hydrogen-bond acceptors (Lipinski definition) is 6.